The van der Waals surface area contributed by atoms with E-state index in [4.69, 9.17) is 0 Å². The number of carbonyl (C=O) groups is 4. The van der Waals surface area contributed by atoms with E-state index in [1.165, 1.54) is 6.92 Å². The van der Waals surface area contributed by atoms with Crippen molar-refractivity contribution in [3.63, 3.8) is 0 Å². The molecule has 2 amide bonds. The van der Waals surface area contributed by atoms with Crippen molar-refractivity contribution in [2.24, 2.45) is 0 Å². The molecule has 0 bridgehead atoms. The molecule has 0 radical (unpaired) electrons. The summed E-state index contributed by atoms with van der Waals surface area (Å²) < 4.78 is 9.16. The Hall–Kier alpha value is -2.38. The van der Waals surface area contributed by atoms with E-state index in [2.05, 4.69) is 20.1 Å². The molecule has 2 N–H and O–H groups in total. The van der Waals surface area contributed by atoms with Gasteiger partial charge in [0.15, 0.2) is 6.61 Å². The second kappa shape index (κ2) is 10.4. The average Bonchev–Trinajstić information content (AvgIpc) is 2.43. The minimum Gasteiger partial charge on any atom is -0.463 e. The van der Waals surface area contributed by atoms with Gasteiger partial charge in [0, 0.05) is 18.7 Å². The lowest BCUT2D eigenvalue weighted by Crippen LogP contribution is -2.46. The van der Waals surface area contributed by atoms with Gasteiger partial charge in [0.2, 0.25) is 5.91 Å². The summed E-state index contributed by atoms with van der Waals surface area (Å²) in [7, 11) is 0. The first-order valence-corrected chi connectivity index (χ1v) is 6.49. The Kier molecular flexibility index (Phi) is 9.23. The fraction of sp³-hybridized carbons (Fsp3) is 0.538. The van der Waals surface area contributed by atoms with Crippen LogP contribution in [0, 0.1) is 0 Å². The van der Waals surface area contributed by atoms with Crippen LogP contribution in [0.1, 0.15) is 20.8 Å². The van der Waals surface area contributed by atoms with E-state index >= 15 is 0 Å². The van der Waals surface area contributed by atoms with E-state index in [1.54, 1.807) is 13.8 Å². The minimum atomic E-state index is -0.858. The Morgan fingerprint density at radius 1 is 1.05 bits per heavy atom. The van der Waals surface area contributed by atoms with Crippen molar-refractivity contribution in [3.05, 3.63) is 12.2 Å². The summed E-state index contributed by atoms with van der Waals surface area (Å²) in [4.78, 5) is 44.9. The molecule has 1 atom stereocenters. The van der Waals surface area contributed by atoms with Gasteiger partial charge in [-0.2, -0.15) is 0 Å². The summed E-state index contributed by atoms with van der Waals surface area (Å²) in [6.45, 7) is 4.99. The normalized spacial score (nSPS) is 11.6. The first-order chi connectivity index (χ1) is 9.90. The number of rotatable bonds is 8. The van der Waals surface area contributed by atoms with Crippen molar-refractivity contribution in [3.8, 4) is 0 Å². The predicted octanol–water partition coefficient (Wildman–Crippen LogP) is -0.710. The highest BCUT2D eigenvalue weighted by Crippen LogP contribution is 1.87. The third kappa shape index (κ3) is 9.20. The van der Waals surface area contributed by atoms with E-state index in [0.717, 1.165) is 12.2 Å². The topological polar surface area (TPSA) is 111 Å². The van der Waals surface area contributed by atoms with E-state index in [9.17, 15) is 19.2 Å². The fourth-order valence-corrected chi connectivity index (χ4v) is 1.19. The second-order valence-corrected chi connectivity index (χ2v) is 3.88. The lowest BCUT2D eigenvalue weighted by Gasteiger charge is -2.12. The first kappa shape index (κ1) is 18.6. The van der Waals surface area contributed by atoms with Crippen LogP contribution in [-0.4, -0.2) is 49.6 Å². The summed E-state index contributed by atoms with van der Waals surface area (Å²) in [5, 5.41) is 4.90. The summed E-state index contributed by atoms with van der Waals surface area (Å²) in [5.41, 5.74) is 0. The molecule has 0 saturated carbocycles. The fourth-order valence-electron chi connectivity index (χ4n) is 1.19. The van der Waals surface area contributed by atoms with Crippen LogP contribution in [0.2, 0.25) is 0 Å². The van der Waals surface area contributed by atoms with Crippen molar-refractivity contribution >= 4 is 23.8 Å². The molecule has 0 fully saturated rings. The predicted molar refractivity (Wildman–Crippen MR) is 73.0 cm³/mol. The molecule has 0 saturated heterocycles. The third-order valence-corrected chi connectivity index (χ3v) is 2.11. The highest BCUT2D eigenvalue weighted by molar-refractivity contribution is 5.93. The van der Waals surface area contributed by atoms with Gasteiger partial charge in [0.05, 0.1) is 6.61 Å². The number of likely N-dealkylation sites (N-methyl/N-ethyl adjacent to an activating group) is 1. The highest BCUT2D eigenvalue weighted by Gasteiger charge is 2.15. The van der Waals surface area contributed by atoms with Crippen LogP contribution in [0.3, 0.4) is 0 Å². The third-order valence-electron chi connectivity index (χ3n) is 2.11. The standard InChI is InChI=1S/C13H20N2O6/c1-4-14-13(19)9(3)15-10(16)8-21-12(18)7-6-11(17)20-5-2/h6-7,9H,4-5,8H2,1-3H3,(H,14,19)(H,15,16)/b7-6+/t9-/m0/s1. The zero-order chi connectivity index (χ0) is 16.3. The first-order valence-electron chi connectivity index (χ1n) is 6.49. The van der Waals surface area contributed by atoms with E-state index in [0.29, 0.717) is 6.54 Å². The van der Waals surface area contributed by atoms with E-state index < -0.39 is 30.5 Å². The maximum Gasteiger partial charge on any atom is 0.331 e. The summed E-state index contributed by atoms with van der Waals surface area (Å²) in [6, 6.07) is -0.730. The van der Waals surface area contributed by atoms with Crippen molar-refractivity contribution in [1.82, 2.24) is 10.6 Å². The van der Waals surface area contributed by atoms with Gasteiger partial charge >= 0.3 is 11.9 Å². The summed E-state index contributed by atoms with van der Waals surface area (Å²) in [5.74, 6) is -2.49. The van der Waals surface area contributed by atoms with Gasteiger partial charge in [-0.3, -0.25) is 9.59 Å². The molecule has 0 aromatic carbocycles. The van der Waals surface area contributed by atoms with E-state index in [1.807, 2.05) is 0 Å². The Labute approximate surface area is 122 Å². The number of amides is 2. The maximum atomic E-state index is 11.4. The highest BCUT2D eigenvalue weighted by atomic mass is 16.5. The van der Waals surface area contributed by atoms with Crippen LogP contribution in [0.4, 0.5) is 0 Å². The van der Waals surface area contributed by atoms with Gasteiger partial charge in [0.1, 0.15) is 6.04 Å². The molecule has 0 aliphatic heterocycles. The van der Waals surface area contributed by atoms with Crippen molar-refractivity contribution in [2.75, 3.05) is 19.8 Å². The number of ether oxygens (including phenoxy) is 2. The largest absolute Gasteiger partial charge is 0.463 e. The summed E-state index contributed by atoms with van der Waals surface area (Å²) in [6.07, 6.45) is 1.76. The molecule has 118 valence electrons. The van der Waals surface area contributed by atoms with Crippen LogP contribution in [0.15, 0.2) is 12.2 Å². The van der Waals surface area contributed by atoms with Crippen LogP contribution < -0.4 is 10.6 Å². The zero-order valence-electron chi connectivity index (χ0n) is 12.3. The number of carbonyl (C=O) groups excluding carboxylic acids is 4. The lowest BCUT2D eigenvalue weighted by atomic mass is 10.3. The molecule has 0 aliphatic carbocycles. The van der Waals surface area contributed by atoms with Crippen molar-refractivity contribution < 1.29 is 28.7 Å². The minimum absolute atomic E-state index is 0.193. The van der Waals surface area contributed by atoms with Gasteiger partial charge in [-0.25, -0.2) is 9.59 Å². The molecular formula is C13H20N2O6. The van der Waals surface area contributed by atoms with Gasteiger partial charge in [-0.05, 0) is 20.8 Å². The molecule has 0 heterocycles. The number of hydrogen-bond acceptors (Lipinski definition) is 6. The smallest absolute Gasteiger partial charge is 0.331 e. The monoisotopic (exact) mass is 300 g/mol. The van der Waals surface area contributed by atoms with Crippen molar-refractivity contribution in [2.45, 2.75) is 26.8 Å². The van der Waals surface area contributed by atoms with Gasteiger partial charge in [-0.15, -0.1) is 0 Å². The Balaban J connectivity index is 4.05. The van der Waals surface area contributed by atoms with Crippen LogP contribution in [-0.2, 0) is 28.7 Å². The molecule has 0 aromatic heterocycles. The van der Waals surface area contributed by atoms with Gasteiger partial charge < -0.3 is 20.1 Å². The Bertz CT molecular complexity index is 419. The molecule has 0 rings (SSSR count). The molecule has 8 heteroatoms. The van der Waals surface area contributed by atoms with Gasteiger partial charge in [0.25, 0.3) is 5.91 Å². The van der Waals surface area contributed by atoms with Gasteiger partial charge in [-0.1, -0.05) is 0 Å². The number of hydrogen-bond donors (Lipinski definition) is 2. The van der Waals surface area contributed by atoms with Crippen LogP contribution >= 0.6 is 0 Å². The van der Waals surface area contributed by atoms with Crippen LogP contribution in [0.5, 0.6) is 0 Å². The van der Waals surface area contributed by atoms with E-state index in [-0.39, 0.29) is 12.5 Å². The Morgan fingerprint density at radius 3 is 2.14 bits per heavy atom. The quantitative estimate of drug-likeness (QED) is 0.452. The summed E-state index contributed by atoms with van der Waals surface area (Å²) >= 11 is 0. The molecule has 0 spiro atoms. The molecule has 0 aliphatic rings. The van der Waals surface area contributed by atoms with Crippen LogP contribution in [0.25, 0.3) is 0 Å². The molecule has 0 aromatic rings. The molecule has 21 heavy (non-hydrogen) atoms. The molecule has 8 nitrogen and oxygen atoms in total. The molecular weight excluding hydrogens is 280 g/mol. The Morgan fingerprint density at radius 2 is 1.62 bits per heavy atom. The average molecular weight is 300 g/mol. The van der Waals surface area contributed by atoms with Crippen molar-refractivity contribution in [1.29, 1.82) is 0 Å². The SMILES string of the molecule is CCNC(=O)[C@H](C)NC(=O)COC(=O)/C=C/C(=O)OCC. The lowest BCUT2D eigenvalue weighted by molar-refractivity contribution is -0.144. The molecule has 0 unspecified atom stereocenters. The second-order valence-electron chi connectivity index (χ2n) is 3.88. The number of esters is 2. The maximum absolute atomic E-state index is 11.4. The number of nitrogens with one attached hydrogen (secondary N) is 2. The zero-order valence-corrected chi connectivity index (χ0v) is 12.3.